The molecule has 6 rings (SSSR count). The number of carbonyl (C=O) groups is 2. The zero-order valence-electron chi connectivity index (χ0n) is 19.7. The van der Waals surface area contributed by atoms with Crippen LogP contribution >= 0.6 is 0 Å². The van der Waals surface area contributed by atoms with Gasteiger partial charge in [-0.1, -0.05) is 37.3 Å². The van der Waals surface area contributed by atoms with Crippen molar-refractivity contribution < 1.29 is 14.0 Å². The lowest BCUT2D eigenvalue weighted by atomic mass is 9.49. The Morgan fingerprint density at radius 3 is 2.15 bits per heavy atom. The van der Waals surface area contributed by atoms with Crippen LogP contribution in [0.25, 0.3) is 0 Å². The van der Waals surface area contributed by atoms with Crippen LogP contribution in [0.5, 0.6) is 0 Å². The minimum Gasteiger partial charge on any atom is -0.467 e. The zero-order chi connectivity index (χ0) is 22.8. The molecular weight excluding hydrogens is 412 g/mol. The third-order valence-corrected chi connectivity index (χ3v) is 8.09. The van der Waals surface area contributed by atoms with Crippen LogP contribution in [0.4, 0.5) is 0 Å². The average Bonchev–Trinajstić information content (AvgIpc) is 3.31. The molecule has 2 amide bonds. The molecule has 1 aromatic heterocycles. The first kappa shape index (κ1) is 22.2. The molecule has 4 saturated carbocycles. The van der Waals surface area contributed by atoms with E-state index < -0.39 is 0 Å². The van der Waals surface area contributed by atoms with Crippen LogP contribution in [0.2, 0.25) is 0 Å². The molecule has 2 aromatic rings. The Kier molecular flexibility index (Phi) is 6.31. The van der Waals surface area contributed by atoms with Crippen LogP contribution in [0.15, 0.2) is 53.1 Å². The fourth-order valence-corrected chi connectivity index (χ4v) is 7.12. The number of benzene rings is 1. The normalized spacial score (nSPS) is 27.5. The minimum atomic E-state index is -0.213. The second kappa shape index (κ2) is 9.36. The summed E-state index contributed by atoms with van der Waals surface area (Å²) in [6.07, 6.45) is 9.54. The Hall–Kier alpha value is -2.56. The van der Waals surface area contributed by atoms with Crippen LogP contribution in [0.1, 0.15) is 63.2 Å². The molecular formula is C28H36N2O3. The maximum absolute atomic E-state index is 14.0. The summed E-state index contributed by atoms with van der Waals surface area (Å²) >= 11 is 0. The summed E-state index contributed by atoms with van der Waals surface area (Å²) < 4.78 is 5.54. The van der Waals surface area contributed by atoms with E-state index in [0.29, 0.717) is 37.4 Å². The number of hydrogen-bond donors (Lipinski definition) is 0. The SMILES string of the molecule is CCCN(CC(=O)N(Cc1ccccc1)Cc1ccco1)C(=O)C12CC3CC(CC(C3)C1)C2. The second-order valence-corrected chi connectivity index (χ2v) is 10.7. The molecule has 4 fully saturated rings. The van der Waals surface area contributed by atoms with Crippen molar-refractivity contribution in [2.45, 2.75) is 65.0 Å². The van der Waals surface area contributed by atoms with Crippen molar-refractivity contribution in [3.63, 3.8) is 0 Å². The first-order valence-corrected chi connectivity index (χ1v) is 12.7. The van der Waals surface area contributed by atoms with Gasteiger partial charge in [0, 0.05) is 13.1 Å². The maximum atomic E-state index is 14.0. The Bertz CT molecular complexity index is 918. The molecule has 0 radical (unpaired) electrons. The molecule has 5 nitrogen and oxygen atoms in total. The number of furan rings is 1. The predicted molar refractivity (Wildman–Crippen MR) is 127 cm³/mol. The van der Waals surface area contributed by atoms with Gasteiger partial charge in [0.2, 0.25) is 11.8 Å². The van der Waals surface area contributed by atoms with E-state index in [1.54, 1.807) is 6.26 Å². The quantitative estimate of drug-likeness (QED) is 0.526. The highest BCUT2D eigenvalue weighted by Crippen LogP contribution is 2.60. The van der Waals surface area contributed by atoms with Crippen molar-refractivity contribution in [3.05, 3.63) is 60.1 Å². The summed E-state index contributed by atoms with van der Waals surface area (Å²) in [5, 5.41) is 0. The molecule has 0 spiro atoms. The molecule has 4 aliphatic carbocycles. The highest BCUT2D eigenvalue weighted by molar-refractivity contribution is 5.88. The third kappa shape index (κ3) is 4.73. The van der Waals surface area contributed by atoms with E-state index in [1.807, 2.05) is 52.3 Å². The second-order valence-electron chi connectivity index (χ2n) is 10.7. The molecule has 0 atom stereocenters. The summed E-state index contributed by atoms with van der Waals surface area (Å²) in [4.78, 5) is 31.2. The highest BCUT2D eigenvalue weighted by Gasteiger charge is 2.55. The Morgan fingerprint density at radius 1 is 0.909 bits per heavy atom. The molecule has 0 N–H and O–H groups in total. The van der Waals surface area contributed by atoms with E-state index in [2.05, 4.69) is 6.92 Å². The van der Waals surface area contributed by atoms with Gasteiger partial charge in [-0.2, -0.15) is 0 Å². The summed E-state index contributed by atoms with van der Waals surface area (Å²) in [5.41, 5.74) is 0.863. The Labute approximate surface area is 197 Å². The molecule has 0 unspecified atom stereocenters. The first-order chi connectivity index (χ1) is 16.0. The Morgan fingerprint density at radius 2 is 1.58 bits per heavy atom. The lowest BCUT2D eigenvalue weighted by molar-refractivity contribution is -0.160. The summed E-state index contributed by atoms with van der Waals surface area (Å²) in [7, 11) is 0. The van der Waals surface area contributed by atoms with E-state index in [-0.39, 0.29) is 23.8 Å². The zero-order valence-corrected chi connectivity index (χ0v) is 19.7. The van der Waals surface area contributed by atoms with Crippen molar-refractivity contribution >= 4 is 11.8 Å². The van der Waals surface area contributed by atoms with Gasteiger partial charge in [-0.25, -0.2) is 0 Å². The van der Waals surface area contributed by atoms with E-state index in [0.717, 1.165) is 37.0 Å². The number of nitrogens with zero attached hydrogens (tertiary/aromatic N) is 2. The molecule has 4 aliphatic rings. The average molecular weight is 449 g/mol. The predicted octanol–water partition coefficient (Wildman–Crippen LogP) is 5.26. The van der Waals surface area contributed by atoms with Crippen molar-refractivity contribution in [2.75, 3.05) is 13.1 Å². The van der Waals surface area contributed by atoms with Gasteiger partial charge in [0.05, 0.1) is 24.8 Å². The molecule has 5 heteroatoms. The fourth-order valence-electron chi connectivity index (χ4n) is 7.12. The topological polar surface area (TPSA) is 53.8 Å². The van der Waals surface area contributed by atoms with Crippen LogP contribution in [0, 0.1) is 23.2 Å². The molecule has 4 bridgehead atoms. The number of hydrogen-bond acceptors (Lipinski definition) is 3. The molecule has 1 aromatic carbocycles. The highest BCUT2D eigenvalue weighted by atomic mass is 16.3. The lowest BCUT2D eigenvalue weighted by Gasteiger charge is -2.56. The van der Waals surface area contributed by atoms with Crippen molar-refractivity contribution in [2.24, 2.45) is 23.2 Å². The number of carbonyl (C=O) groups excluding carboxylic acids is 2. The number of amides is 2. The van der Waals surface area contributed by atoms with Crippen LogP contribution in [-0.2, 0) is 22.7 Å². The molecule has 1 heterocycles. The van der Waals surface area contributed by atoms with E-state index in [4.69, 9.17) is 4.42 Å². The van der Waals surface area contributed by atoms with Gasteiger partial charge in [0.1, 0.15) is 5.76 Å². The summed E-state index contributed by atoms with van der Waals surface area (Å²) in [6, 6.07) is 13.8. The summed E-state index contributed by atoms with van der Waals surface area (Å²) in [5.74, 6) is 3.14. The summed E-state index contributed by atoms with van der Waals surface area (Å²) in [6.45, 7) is 3.81. The van der Waals surface area contributed by atoms with Gasteiger partial charge < -0.3 is 14.2 Å². The third-order valence-electron chi connectivity index (χ3n) is 8.09. The Balaban J connectivity index is 1.33. The minimum absolute atomic E-state index is 0.0122. The van der Waals surface area contributed by atoms with E-state index in [9.17, 15) is 9.59 Å². The van der Waals surface area contributed by atoms with Gasteiger partial charge >= 0.3 is 0 Å². The standard InChI is InChI=1S/C28H36N2O3/c1-2-10-29(27(32)28-15-22-12-23(16-28)14-24(13-22)17-28)20-26(31)30(19-25-9-6-11-33-25)18-21-7-4-3-5-8-21/h3-9,11,22-24H,2,10,12-20H2,1H3. The molecule has 176 valence electrons. The molecule has 33 heavy (non-hydrogen) atoms. The largest absolute Gasteiger partial charge is 0.467 e. The van der Waals surface area contributed by atoms with Gasteiger partial charge in [-0.3, -0.25) is 9.59 Å². The van der Waals surface area contributed by atoms with Gasteiger partial charge in [-0.15, -0.1) is 0 Å². The van der Waals surface area contributed by atoms with Crippen LogP contribution < -0.4 is 0 Å². The van der Waals surface area contributed by atoms with Crippen LogP contribution in [0.3, 0.4) is 0 Å². The molecule has 0 aliphatic heterocycles. The van der Waals surface area contributed by atoms with Crippen molar-refractivity contribution in [1.82, 2.24) is 9.80 Å². The van der Waals surface area contributed by atoms with Gasteiger partial charge in [0.15, 0.2) is 0 Å². The van der Waals surface area contributed by atoms with Crippen molar-refractivity contribution in [3.8, 4) is 0 Å². The monoisotopic (exact) mass is 448 g/mol. The molecule has 0 saturated heterocycles. The lowest BCUT2D eigenvalue weighted by Crippen LogP contribution is -2.56. The maximum Gasteiger partial charge on any atom is 0.242 e. The van der Waals surface area contributed by atoms with E-state index in [1.165, 1.54) is 19.3 Å². The smallest absolute Gasteiger partial charge is 0.242 e. The van der Waals surface area contributed by atoms with Crippen molar-refractivity contribution in [1.29, 1.82) is 0 Å². The fraction of sp³-hybridized carbons (Fsp3) is 0.571. The van der Waals surface area contributed by atoms with Gasteiger partial charge in [0.25, 0.3) is 0 Å². The van der Waals surface area contributed by atoms with E-state index >= 15 is 0 Å². The van der Waals surface area contributed by atoms with Gasteiger partial charge in [-0.05, 0) is 80.4 Å². The first-order valence-electron chi connectivity index (χ1n) is 12.7. The van der Waals surface area contributed by atoms with Crippen LogP contribution in [-0.4, -0.2) is 34.7 Å². The number of rotatable bonds is 9.